The number of nitrogens with zero attached hydrogens (tertiary/aromatic N) is 5. The molecule has 0 bridgehead atoms. The van der Waals surface area contributed by atoms with Gasteiger partial charge in [-0.2, -0.15) is 4.98 Å². The number of aliphatic hydroxyl groups is 1. The highest BCUT2D eigenvalue weighted by Gasteiger charge is 2.64. The molecule has 1 aromatic heterocycles. The van der Waals surface area contributed by atoms with E-state index >= 15 is 0 Å². The monoisotopic (exact) mass is 415 g/mol. The molecule has 5 fully saturated rings. The van der Waals surface area contributed by atoms with Gasteiger partial charge in [0, 0.05) is 43.2 Å². The number of aliphatic hydroxyl groups excluding tert-OH is 1. The Labute approximate surface area is 177 Å². The van der Waals surface area contributed by atoms with E-state index in [0.717, 1.165) is 32.5 Å². The van der Waals surface area contributed by atoms with Gasteiger partial charge < -0.3 is 19.4 Å². The zero-order valence-corrected chi connectivity index (χ0v) is 18.0. The second-order valence-electron chi connectivity index (χ2n) is 10.5. The molecule has 1 amide bonds. The normalized spacial score (nSPS) is 39.6. The lowest BCUT2D eigenvalue weighted by molar-refractivity contribution is -0.158. The third-order valence-corrected chi connectivity index (χ3v) is 8.92. The van der Waals surface area contributed by atoms with Crippen molar-refractivity contribution in [3.05, 3.63) is 5.82 Å². The lowest BCUT2D eigenvalue weighted by Crippen LogP contribution is -2.66. The molecule has 30 heavy (non-hydrogen) atoms. The molecule has 1 N–H and O–H groups in total. The highest BCUT2D eigenvalue weighted by atomic mass is 16.5. The van der Waals surface area contributed by atoms with E-state index in [1.165, 1.54) is 25.7 Å². The van der Waals surface area contributed by atoms with E-state index in [1.54, 1.807) is 0 Å². The molecular weight excluding hydrogens is 382 g/mol. The summed E-state index contributed by atoms with van der Waals surface area (Å²) in [6.07, 6.45) is 6.89. The van der Waals surface area contributed by atoms with Gasteiger partial charge >= 0.3 is 6.01 Å². The van der Waals surface area contributed by atoms with Crippen LogP contribution in [0.15, 0.2) is 4.52 Å². The van der Waals surface area contributed by atoms with Crippen molar-refractivity contribution < 1.29 is 14.4 Å². The van der Waals surface area contributed by atoms with E-state index in [9.17, 15) is 9.90 Å². The smallest absolute Gasteiger partial charge is 0.324 e. The zero-order valence-electron chi connectivity index (χ0n) is 18.0. The Kier molecular flexibility index (Phi) is 4.23. The lowest BCUT2D eigenvalue weighted by Gasteiger charge is -2.59. The number of hydrogen-bond acceptors (Lipinski definition) is 7. The average Bonchev–Trinajstić information content (AvgIpc) is 2.98. The Morgan fingerprint density at radius 3 is 2.53 bits per heavy atom. The highest BCUT2D eigenvalue weighted by Crippen LogP contribution is 2.57. The topological polar surface area (TPSA) is 85.9 Å². The van der Waals surface area contributed by atoms with E-state index in [-0.39, 0.29) is 30.1 Å². The Bertz CT molecular complexity index is 821. The van der Waals surface area contributed by atoms with E-state index in [2.05, 4.69) is 31.8 Å². The molecule has 2 saturated carbocycles. The number of fused-ring (bicyclic) bond motifs is 1. The van der Waals surface area contributed by atoms with E-state index in [0.29, 0.717) is 35.6 Å². The standard InChI is InChI=1S/C22H33N5O3/c1-13-8-15(9-16(12-28)27(13)21-23-14(2)24-30-21)25-10-17-18(11-25)19(17)20(29)26-7-6-22(26)4-3-5-22/h13,15-19,28H,3-12H2,1-2H3/t13?,15?,16?,17-,18+,19+. The zero-order chi connectivity index (χ0) is 20.6. The van der Waals surface area contributed by atoms with Crippen molar-refractivity contribution in [1.82, 2.24) is 19.9 Å². The predicted octanol–water partition coefficient (Wildman–Crippen LogP) is 1.43. The van der Waals surface area contributed by atoms with Crippen LogP contribution in [-0.4, -0.2) is 80.9 Å². The molecule has 5 aliphatic rings. The summed E-state index contributed by atoms with van der Waals surface area (Å²) in [6, 6.07) is 1.19. The van der Waals surface area contributed by atoms with E-state index in [4.69, 9.17) is 4.52 Å². The van der Waals surface area contributed by atoms with Gasteiger partial charge in [-0.1, -0.05) is 5.16 Å². The highest BCUT2D eigenvalue weighted by molar-refractivity contribution is 5.84. The van der Waals surface area contributed by atoms with Gasteiger partial charge in [0.25, 0.3) is 0 Å². The van der Waals surface area contributed by atoms with Crippen LogP contribution in [0.5, 0.6) is 0 Å². The molecule has 8 heteroatoms. The Morgan fingerprint density at radius 1 is 1.23 bits per heavy atom. The molecule has 2 aliphatic carbocycles. The predicted molar refractivity (Wildman–Crippen MR) is 110 cm³/mol. The molecular formula is C22H33N5O3. The summed E-state index contributed by atoms with van der Waals surface area (Å²) in [5.41, 5.74) is 0.275. The van der Waals surface area contributed by atoms with Crippen LogP contribution in [0, 0.1) is 24.7 Å². The first kappa shape index (κ1) is 19.0. The first-order valence-electron chi connectivity index (χ1n) is 11.8. The molecule has 1 spiro atoms. The molecule has 0 aromatic carbocycles. The van der Waals surface area contributed by atoms with Gasteiger partial charge in [-0.15, -0.1) is 0 Å². The number of hydrogen-bond donors (Lipinski definition) is 1. The summed E-state index contributed by atoms with van der Waals surface area (Å²) in [7, 11) is 0. The van der Waals surface area contributed by atoms with Gasteiger partial charge in [-0.3, -0.25) is 9.69 Å². The Balaban J connectivity index is 1.08. The average molecular weight is 416 g/mol. The lowest BCUT2D eigenvalue weighted by atomic mass is 9.67. The first-order chi connectivity index (χ1) is 14.5. The molecule has 3 aliphatic heterocycles. The number of anilines is 1. The second-order valence-corrected chi connectivity index (χ2v) is 10.5. The van der Waals surface area contributed by atoms with Crippen molar-refractivity contribution in [2.45, 2.75) is 76.0 Å². The van der Waals surface area contributed by atoms with Crippen LogP contribution in [0.25, 0.3) is 0 Å². The Hall–Kier alpha value is -1.67. The molecule has 8 nitrogen and oxygen atoms in total. The molecule has 164 valence electrons. The number of rotatable bonds is 4. The summed E-state index contributed by atoms with van der Waals surface area (Å²) < 4.78 is 5.40. The third-order valence-electron chi connectivity index (χ3n) is 8.92. The third kappa shape index (κ3) is 2.68. The first-order valence-corrected chi connectivity index (χ1v) is 11.8. The van der Waals surface area contributed by atoms with Gasteiger partial charge in [-0.05, 0) is 64.2 Å². The van der Waals surface area contributed by atoms with Crippen molar-refractivity contribution in [2.24, 2.45) is 17.8 Å². The van der Waals surface area contributed by atoms with Crippen LogP contribution in [-0.2, 0) is 4.79 Å². The Morgan fingerprint density at radius 2 is 2.00 bits per heavy atom. The van der Waals surface area contributed by atoms with Crippen molar-refractivity contribution in [3.8, 4) is 0 Å². The van der Waals surface area contributed by atoms with Crippen LogP contribution in [0.1, 0.15) is 51.3 Å². The minimum absolute atomic E-state index is 0.00693. The minimum Gasteiger partial charge on any atom is -0.394 e. The summed E-state index contributed by atoms with van der Waals surface area (Å²) in [6.45, 7) is 7.15. The summed E-state index contributed by atoms with van der Waals surface area (Å²) in [4.78, 5) is 24.4. The number of piperidine rings is 2. The van der Waals surface area contributed by atoms with Gasteiger partial charge in [0.1, 0.15) is 0 Å². The van der Waals surface area contributed by atoms with Crippen LogP contribution in [0.4, 0.5) is 6.01 Å². The molecule has 6 rings (SSSR count). The van der Waals surface area contributed by atoms with Crippen LogP contribution < -0.4 is 4.90 Å². The summed E-state index contributed by atoms with van der Waals surface area (Å²) >= 11 is 0. The molecule has 3 saturated heterocycles. The second kappa shape index (κ2) is 6.66. The van der Waals surface area contributed by atoms with Gasteiger partial charge in [-0.25, -0.2) is 0 Å². The quantitative estimate of drug-likeness (QED) is 0.796. The van der Waals surface area contributed by atoms with Crippen LogP contribution in [0.3, 0.4) is 0 Å². The van der Waals surface area contributed by atoms with Gasteiger partial charge in [0.2, 0.25) is 5.91 Å². The number of aromatic nitrogens is 2. The molecule has 3 unspecified atom stereocenters. The molecule has 1 aromatic rings. The van der Waals surface area contributed by atoms with E-state index < -0.39 is 0 Å². The maximum absolute atomic E-state index is 13.1. The number of amides is 1. The van der Waals surface area contributed by atoms with Gasteiger partial charge in [0.05, 0.1) is 12.6 Å². The largest absolute Gasteiger partial charge is 0.394 e. The fraction of sp³-hybridized carbons (Fsp3) is 0.864. The fourth-order valence-corrected chi connectivity index (χ4v) is 6.98. The summed E-state index contributed by atoms with van der Waals surface area (Å²) in [5.74, 6) is 2.46. The SMILES string of the molecule is Cc1noc(N2C(C)CC(N3C[C@@H]4[C@H](C3)[C@H]4C(=O)N3CCC34CCC4)CC2CO)n1. The van der Waals surface area contributed by atoms with E-state index in [1.807, 2.05) is 6.92 Å². The molecule has 4 heterocycles. The van der Waals surface area contributed by atoms with Crippen LogP contribution >= 0.6 is 0 Å². The number of carbonyl (C=O) groups excluding carboxylic acids is 1. The maximum Gasteiger partial charge on any atom is 0.324 e. The van der Waals surface area contributed by atoms with Crippen molar-refractivity contribution in [1.29, 1.82) is 0 Å². The molecule has 0 radical (unpaired) electrons. The number of likely N-dealkylation sites (tertiary alicyclic amines) is 2. The van der Waals surface area contributed by atoms with Gasteiger partial charge in [0.15, 0.2) is 5.82 Å². The minimum atomic E-state index is -0.00693. The van der Waals surface area contributed by atoms with Crippen molar-refractivity contribution in [2.75, 3.05) is 31.1 Å². The van der Waals surface area contributed by atoms with Crippen molar-refractivity contribution >= 4 is 11.9 Å². The summed E-state index contributed by atoms with van der Waals surface area (Å²) in [5, 5.41) is 14.0. The fourth-order valence-electron chi connectivity index (χ4n) is 6.98. The number of aryl methyl sites for hydroxylation is 1. The van der Waals surface area contributed by atoms with Crippen LogP contribution in [0.2, 0.25) is 0 Å². The number of carbonyl (C=O) groups is 1. The maximum atomic E-state index is 13.1. The van der Waals surface area contributed by atoms with Crippen molar-refractivity contribution in [3.63, 3.8) is 0 Å². The molecule has 6 atom stereocenters.